The van der Waals surface area contributed by atoms with Crippen LogP contribution in [0.25, 0.3) is 6.08 Å². The maximum absolute atomic E-state index is 12.3. The maximum atomic E-state index is 12.3. The molecule has 1 saturated heterocycles. The molecular formula is C26H29N5O3. The average Bonchev–Trinajstić information content (AvgIpc) is 2.89. The third-order valence-corrected chi connectivity index (χ3v) is 5.65. The number of carbonyl (C=O) groups is 1. The number of hydrogen-bond donors (Lipinski definition) is 3. The van der Waals surface area contributed by atoms with Gasteiger partial charge in [-0.3, -0.25) is 4.79 Å². The number of nitrogens with zero attached hydrogens (tertiary/aromatic N) is 2. The summed E-state index contributed by atoms with van der Waals surface area (Å²) in [5, 5.41) is 9.37. The SMILES string of the molecule is C=Cc1cnc(Nc2ccc(N3CCOCC3)cc2OC)cc1Nc1ccccc1C(=O)NC. The zero-order valence-electron chi connectivity index (χ0n) is 19.4. The number of carbonyl (C=O) groups excluding carboxylic acids is 1. The lowest BCUT2D eigenvalue weighted by atomic mass is 10.1. The first kappa shape index (κ1) is 23.1. The van der Waals surface area contributed by atoms with Gasteiger partial charge in [-0.05, 0) is 24.3 Å². The van der Waals surface area contributed by atoms with Crippen molar-refractivity contribution >= 4 is 40.6 Å². The molecule has 176 valence electrons. The van der Waals surface area contributed by atoms with Gasteiger partial charge in [0.15, 0.2) is 0 Å². The summed E-state index contributed by atoms with van der Waals surface area (Å²) in [5.74, 6) is 1.18. The summed E-state index contributed by atoms with van der Waals surface area (Å²) in [5.41, 5.74) is 4.71. The molecule has 1 amide bonds. The number of rotatable bonds is 8. The minimum absolute atomic E-state index is 0.166. The van der Waals surface area contributed by atoms with Crippen LogP contribution in [0.15, 0.2) is 61.3 Å². The Hall–Kier alpha value is -4.04. The lowest BCUT2D eigenvalue weighted by Gasteiger charge is -2.29. The van der Waals surface area contributed by atoms with Crippen molar-refractivity contribution in [2.45, 2.75) is 0 Å². The molecule has 0 unspecified atom stereocenters. The van der Waals surface area contributed by atoms with Crippen molar-refractivity contribution in [1.82, 2.24) is 10.3 Å². The fourth-order valence-electron chi connectivity index (χ4n) is 3.81. The standard InChI is InChI=1S/C26H29N5O3/c1-4-18-17-28-25(16-23(18)29-21-8-6-5-7-20(21)26(32)27-2)30-22-10-9-19(15-24(22)33-3)31-11-13-34-14-12-31/h4-10,15-17H,1,11-14H2,2-3H3,(H,27,32)(H2,28,29,30). The van der Waals surface area contributed by atoms with E-state index in [0.717, 1.165) is 54.7 Å². The molecular weight excluding hydrogens is 430 g/mol. The van der Waals surface area contributed by atoms with E-state index >= 15 is 0 Å². The molecule has 2 heterocycles. The van der Waals surface area contributed by atoms with E-state index in [1.807, 2.05) is 36.4 Å². The van der Waals surface area contributed by atoms with Gasteiger partial charge in [-0.2, -0.15) is 0 Å². The predicted molar refractivity (Wildman–Crippen MR) is 137 cm³/mol. The number of benzene rings is 2. The minimum Gasteiger partial charge on any atom is -0.494 e. The Balaban J connectivity index is 1.60. The number of morpholine rings is 1. The average molecular weight is 460 g/mol. The summed E-state index contributed by atoms with van der Waals surface area (Å²) < 4.78 is 11.1. The van der Waals surface area contributed by atoms with E-state index in [1.165, 1.54) is 0 Å². The molecule has 0 bridgehead atoms. The summed E-state index contributed by atoms with van der Waals surface area (Å²) in [6.45, 7) is 7.04. The normalized spacial score (nSPS) is 13.2. The third-order valence-electron chi connectivity index (χ3n) is 5.65. The number of pyridine rings is 1. The van der Waals surface area contributed by atoms with Crippen molar-refractivity contribution in [2.75, 3.05) is 56.0 Å². The Labute approximate surface area is 199 Å². The first-order chi connectivity index (χ1) is 16.6. The van der Waals surface area contributed by atoms with Gasteiger partial charge in [0.2, 0.25) is 0 Å². The molecule has 0 spiro atoms. The molecule has 1 aliphatic heterocycles. The van der Waals surface area contributed by atoms with E-state index in [-0.39, 0.29) is 5.91 Å². The number of hydrogen-bond acceptors (Lipinski definition) is 7. The Bertz CT molecular complexity index is 1170. The van der Waals surface area contributed by atoms with Crippen LogP contribution in [0.2, 0.25) is 0 Å². The number of aromatic nitrogens is 1. The highest BCUT2D eigenvalue weighted by molar-refractivity contribution is 6.00. The lowest BCUT2D eigenvalue weighted by Crippen LogP contribution is -2.36. The summed E-state index contributed by atoms with van der Waals surface area (Å²) >= 11 is 0. The highest BCUT2D eigenvalue weighted by Crippen LogP contribution is 2.33. The van der Waals surface area contributed by atoms with Crippen molar-refractivity contribution in [3.05, 3.63) is 72.4 Å². The molecule has 34 heavy (non-hydrogen) atoms. The molecule has 3 N–H and O–H groups in total. The summed E-state index contributed by atoms with van der Waals surface area (Å²) in [6, 6.07) is 15.3. The monoisotopic (exact) mass is 459 g/mol. The topological polar surface area (TPSA) is 87.8 Å². The van der Waals surface area contributed by atoms with Crippen LogP contribution in [-0.2, 0) is 4.74 Å². The van der Waals surface area contributed by atoms with Crippen LogP contribution in [0.4, 0.5) is 28.6 Å². The largest absolute Gasteiger partial charge is 0.494 e. The molecule has 0 saturated carbocycles. The zero-order valence-corrected chi connectivity index (χ0v) is 19.4. The quantitative estimate of drug-likeness (QED) is 0.460. The van der Waals surface area contributed by atoms with Crippen LogP contribution in [0.3, 0.4) is 0 Å². The number of methoxy groups -OCH3 is 1. The number of nitrogens with one attached hydrogen (secondary N) is 3. The molecule has 0 atom stereocenters. The van der Waals surface area contributed by atoms with E-state index < -0.39 is 0 Å². The highest BCUT2D eigenvalue weighted by atomic mass is 16.5. The van der Waals surface area contributed by atoms with Gasteiger partial charge in [-0.15, -0.1) is 0 Å². The Kier molecular flexibility index (Phi) is 7.29. The summed E-state index contributed by atoms with van der Waals surface area (Å²) in [6.07, 6.45) is 3.45. The van der Waals surface area contributed by atoms with Crippen LogP contribution in [-0.4, -0.2) is 51.4 Å². The van der Waals surface area contributed by atoms with Crippen molar-refractivity contribution in [1.29, 1.82) is 0 Å². The van der Waals surface area contributed by atoms with Gasteiger partial charge in [0.05, 0.1) is 42.9 Å². The molecule has 1 aliphatic rings. The van der Waals surface area contributed by atoms with Crippen molar-refractivity contribution in [2.24, 2.45) is 0 Å². The van der Waals surface area contributed by atoms with E-state index in [9.17, 15) is 4.79 Å². The molecule has 1 aromatic heterocycles. The Morgan fingerprint density at radius 3 is 2.62 bits per heavy atom. The Morgan fingerprint density at radius 2 is 1.88 bits per heavy atom. The van der Waals surface area contributed by atoms with Gasteiger partial charge >= 0.3 is 0 Å². The smallest absolute Gasteiger partial charge is 0.253 e. The first-order valence-electron chi connectivity index (χ1n) is 11.1. The molecule has 4 rings (SSSR count). The maximum Gasteiger partial charge on any atom is 0.253 e. The number of para-hydroxylation sites is 1. The highest BCUT2D eigenvalue weighted by Gasteiger charge is 2.15. The number of amides is 1. The predicted octanol–water partition coefficient (Wildman–Crippen LogP) is 4.42. The summed E-state index contributed by atoms with van der Waals surface area (Å²) in [7, 11) is 3.26. The van der Waals surface area contributed by atoms with Gasteiger partial charge in [0.25, 0.3) is 5.91 Å². The van der Waals surface area contributed by atoms with E-state index in [4.69, 9.17) is 9.47 Å². The molecule has 8 heteroatoms. The van der Waals surface area contributed by atoms with E-state index in [1.54, 1.807) is 32.5 Å². The second-order valence-corrected chi connectivity index (χ2v) is 7.72. The summed E-state index contributed by atoms with van der Waals surface area (Å²) in [4.78, 5) is 19.1. The molecule has 0 radical (unpaired) electrons. The fourth-order valence-corrected chi connectivity index (χ4v) is 3.81. The molecule has 2 aromatic carbocycles. The van der Waals surface area contributed by atoms with Crippen molar-refractivity contribution in [3.63, 3.8) is 0 Å². The molecule has 3 aromatic rings. The van der Waals surface area contributed by atoms with Crippen LogP contribution in [0.5, 0.6) is 5.75 Å². The molecule has 1 fully saturated rings. The lowest BCUT2D eigenvalue weighted by molar-refractivity contribution is 0.0964. The van der Waals surface area contributed by atoms with Gasteiger partial charge < -0.3 is 30.3 Å². The second kappa shape index (κ2) is 10.7. The van der Waals surface area contributed by atoms with Crippen LogP contribution in [0, 0.1) is 0 Å². The number of ether oxygens (including phenoxy) is 2. The molecule has 0 aliphatic carbocycles. The minimum atomic E-state index is -0.166. The number of anilines is 5. The van der Waals surface area contributed by atoms with Crippen molar-refractivity contribution in [3.8, 4) is 5.75 Å². The van der Waals surface area contributed by atoms with Crippen molar-refractivity contribution < 1.29 is 14.3 Å². The van der Waals surface area contributed by atoms with Gasteiger partial charge in [0, 0.05) is 49.7 Å². The first-order valence-corrected chi connectivity index (χ1v) is 11.1. The van der Waals surface area contributed by atoms with Gasteiger partial charge in [-0.25, -0.2) is 4.98 Å². The van der Waals surface area contributed by atoms with Crippen LogP contribution < -0.4 is 25.6 Å². The second-order valence-electron chi connectivity index (χ2n) is 7.72. The van der Waals surface area contributed by atoms with Crippen LogP contribution >= 0.6 is 0 Å². The Morgan fingerprint density at radius 1 is 1.09 bits per heavy atom. The zero-order chi connectivity index (χ0) is 23.9. The van der Waals surface area contributed by atoms with Gasteiger partial charge in [-0.1, -0.05) is 24.8 Å². The third kappa shape index (κ3) is 5.13. The van der Waals surface area contributed by atoms with Crippen LogP contribution in [0.1, 0.15) is 15.9 Å². The molecule has 8 nitrogen and oxygen atoms in total. The van der Waals surface area contributed by atoms with E-state index in [0.29, 0.717) is 17.1 Å². The fraction of sp³-hybridized carbons (Fsp3) is 0.231. The van der Waals surface area contributed by atoms with Gasteiger partial charge in [0.1, 0.15) is 11.6 Å². The van der Waals surface area contributed by atoms with E-state index in [2.05, 4.69) is 38.5 Å².